The van der Waals surface area contributed by atoms with Gasteiger partial charge in [0.05, 0.1) is 6.61 Å². The van der Waals surface area contributed by atoms with Gasteiger partial charge in [-0.05, 0) is 43.4 Å². The molecule has 104 valence electrons. The fraction of sp³-hybridized carbons (Fsp3) is 0.615. The van der Waals surface area contributed by atoms with Crippen LogP contribution in [0.4, 0.5) is 0 Å². The van der Waals surface area contributed by atoms with Crippen molar-refractivity contribution in [2.24, 2.45) is 5.92 Å². The maximum absolute atomic E-state index is 12.3. The largest absolute Gasteiger partial charge is 0.381 e. The highest BCUT2D eigenvalue weighted by Gasteiger charge is 2.20. The molecule has 1 aliphatic rings. The first kappa shape index (κ1) is 14.2. The Bertz CT molecular complexity index is 441. The van der Waals surface area contributed by atoms with E-state index >= 15 is 0 Å². The predicted molar refractivity (Wildman–Crippen MR) is 72.3 cm³/mol. The molecule has 1 unspecified atom stereocenters. The molecule has 1 saturated heterocycles. The number of ether oxygens (including phenoxy) is 1. The van der Waals surface area contributed by atoms with E-state index in [1.807, 2.05) is 0 Å². The number of carbonyl (C=O) groups excluding carboxylic acids is 1. The van der Waals surface area contributed by atoms with Gasteiger partial charge in [-0.25, -0.2) is 9.97 Å². The Kier molecular flexibility index (Phi) is 4.71. The first-order valence-corrected chi connectivity index (χ1v) is 6.78. The molecule has 6 heteroatoms. The van der Waals surface area contributed by atoms with E-state index in [0.29, 0.717) is 23.9 Å². The summed E-state index contributed by atoms with van der Waals surface area (Å²) in [6, 6.07) is 1.65. The first-order chi connectivity index (χ1) is 9.06. The van der Waals surface area contributed by atoms with E-state index in [4.69, 9.17) is 16.3 Å². The van der Waals surface area contributed by atoms with Crippen molar-refractivity contribution in [3.63, 3.8) is 0 Å². The van der Waals surface area contributed by atoms with Crippen molar-refractivity contribution in [3.8, 4) is 0 Å². The number of aryl methyl sites for hydroxylation is 1. The van der Waals surface area contributed by atoms with Crippen LogP contribution in [-0.4, -0.2) is 47.6 Å². The monoisotopic (exact) mass is 283 g/mol. The van der Waals surface area contributed by atoms with Crippen molar-refractivity contribution in [2.45, 2.75) is 19.8 Å². The van der Waals surface area contributed by atoms with Crippen molar-refractivity contribution < 1.29 is 9.53 Å². The Hall–Kier alpha value is -1.20. The van der Waals surface area contributed by atoms with Crippen molar-refractivity contribution in [3.05, 3.63) is 22.7 Å². The van der Waals surface area contributed by atoms with E-state index in [1.54, 1.807) is 24.9 Å². The van der Waals surface area contributed by atoms with Crippen LogP contribution in [0.2, 0.25) is 5.28 Å². The lowest BCUT2D eigenvalue weighted by molar-refractivity contribution is 0.0386. The zero-order valence-electron chi connectivity index (χ0n) is 11.2. The quantitative estimate of drug-likeness (QED) is 0.796. The number of carbonyl (C=O) groups is 1. The van der Waals surface area contributed by atoms with Crippen molar-refractivity contribution >= 4 is 17.5 Å². The molecule has 0 saturated carbocycles. The van der Waals surface area contributed by atoms with Gasteiger partial charge in [-0.3, -0.25) is 4.79 Å². The second kappa shape index (κ2) is 6.30. The molecule has 2 rings (SSSR count). The van der Waals surface area contributed by atoms with Crippen molar-refractivity contribution in [1.29, 1.82) is 0 Å². The minimum absolute atomic E-state index is 0.109. The van der Waals surface area contributed by atoms with E-state index < -0.39 is 0 Å². The summed E-state index contributed by atoms with van der Waals surface area (Å²) in [5, 5.41) is 0.109. The average Bonchev–Trinajstić information content (AvgIpc) is 2.37. The molecular weight excluding hydrogens is 266 g/mol. The van der Waals surface area contributed by atoms with E-state index in [0.717, 1.165) is 26.1 Å². The maximum Gasteiger partial charge on any atom is 0.272 e. The normalized spacial score (nSPS) is 19.2. The van der Waals surface area contributed by atoms with E-state index in [-0.39, 0.29) is 11.2 Å². The Morgan fingerprint density at radius 2 is 2.37 bits per heavy atom. The third-order valence-electron chi connectivity index (χ3n) is 3.18. The molecule has 1 amide bonds. The Balaban J connectivity index is 2.01. The third kappa shape index (κ3) is 3.88. The molecule has 0 N–H and O–H groups in total. The summed E-state index contributed by atoms with van der Waals surface area (Å²) in [7, 11) is 1.78. The topological polar surface area (TPSA) is 55.3 Å². The number of halogens is 1. The van der Waals surface area contributed by atoms with Gasteiger partial charge in [-0.15, -0.1) is 0 Å². The van der Waals surface area contributed by atoms with Gasteiger partial charge in [-0.1, -0.05) is 0 Å². The van der Waals surface area contributed by atoms with Gasteiger partial charge in [0.15, 0.2) is 0 Å². The van der Waals surface area contributed by atoms with Gasteiger partial charge in [-0.2, -0.15) is 0 Å². The molecule has 19 heavy (non-hydrogen) atoms. The highest BCUT2D eigenvalue weighted by atomic mass is 35.5. The third-order valence-corrected chi connectivity index (χ3v) is 3.35. The van der Waals surface area contributed by atoms with Gasteiger partial charge in [0.1, 0.15) is 5.69 Å². The van der Waals surface area contributed by atoms with Crippen LogP contribution in [0.3, 0.4) is 0 Å². The zero-order valence-corrected chi connectivity index (χ0v) is 12.0. The van der Waals surface area contributed by atoms with Gasteiger partial charge in [0, 0.05) is 25.9 Å². The summed E-state index contributed by atoms with van der Waals surface area (Å²) in [4.78, 5) is 21.9. The summed E-state index contributed by atoms with van der Waals surface area (Å²) >= 11 is 5.78. The number of amides is 1. The average molecular weight is 284 g/mol. The summed E-state index contributed by atoms with van der Waals surface area (Å²) in [6.07, 6.45) is 2.16. The minimum atomic E-state index is -0.127. The molecule has 5 nitrogen and oxygen atoms in total. The summed E-state index contributed by atoms with van der Waals surface area (Å²) in [5.41, 5.74) is 1.04. The lowest BCUT2D eigenvalue weighted by Crippen LogP contribution is -2.35. The van der Waals surface area contributed by atoms with E-state index in [1.165, 1.54) is 0 Å². The van der Waals surface area contributed by atoms with Crippen LogP contribution in [0, 0.1) is 12.8 Å². The van der Waals surface area contributed by atoms with E-state index in [9.17, 15) is 4.79 Å². The van der Waals surface area contributed by atoms with Gasteiger partial charge in [0.2, 0.25) is 5.28 Å². The van der Waals surface area contributed by atoms with Crippen LogP contribution in [0.25, 0.3) is 0 Å². The Labute approximate surface area is 117 Å². The fourth-order valence-electron chi connectivity index (χ4n) is 2.26. The van der Waals surface area contributed by atoms with Crippen LogP contribution >= 0.6 is 11.6 Å². The zero-order chi connectivity index (χ0) is 13.8. The maximum atomic E-state index is 12.3. The fourth-order valence-corrected chi connectivity index (χ4v) is 2.48. The van der Waals surface area contributed by atoms with Crippen LogP contribution < -0.4 is 0 Å². The number of rotatable bonds is 3. The molecule has 2 heterocycles. The van der Waals surface area contributed by atoms with Crippen LogP contribution in [0.1, 0.15) is 29.0 Å². The summed E-state index contributed by atoms with van der Waals surface area (Å²) in [6.45, 7) is 4.02. The Morgan fingerprint density at radius 1 is 1.58 bits per heavy atom. The van der Waals surface area contributed by atoms with Crippen LogP contribution in [0.5, 0.6) is 0 Å². The van der Waals surface area contributed by atoms with Crippen LogP contribution in [0.15, 0.2) is 6.07 Å². The second-order valence-electron chi connectivity index (χ2n) is 4.93. The lowest BCUT2D eigenvalue weighted by Gasteiger charge is -2.27. The molecule has 1 aromatic rings. The Morgan fingerprint density at radius 3 is 3.00 bits per heavy atom. The first-order valence-electron chi connectivity index (χ1n) is 6.40. The SMILES string of the molecule is Cc1cc(C(=O)N(C)CC2CCCOC2)nc(Cl)n1. The summed E-state index contributed by atoms with van der Waals surface area (Å²) < 4.78 is 5.42. The number of aromatic nitrogens is 2. The number of hydrogen-bond acceptors (Lipinski definition) is 4. The van der Waals surface area contributed by atoms with Gasteiger partial charge in [0.25, 0.3) is 5.91 Å². The predicted octanol–water partition coefficient (Wildman–Crippen LogP) is 1.94. The highest BCUT2D eigenvalue weighted by Crippen LogP contribution is 2.15. The molecule has 1 aromatic heterocycles. The lowest BCUT2D eigenvalue weighted by atomic mass is 10.0. The van der Waals surface area contributed by atoms with E-state index in [2.05, 4.69) is 9.97 Å². The van der Waals surface area contributed by atoms with Gasteiger partial charge >= 0.3 is 0 Å². The minimum Gasteiger partial charge on any atom is -0.381 e. The van der Waals surface area contributed by atoms with Gasteiger partial charge < -0.3 is 9.64 Å². The number of hydrogen-bond donors (Lipinski definition) is 0. The molecule has 1 aliphatic heterocycles. The second-order valence-corrected chi connectivity index (χ2v) is 5.27. The molecular formula is C13H18ClN3O2. The molecule has 0 aliphatic carbocycles. The molecule has 0 radical (unpaired) electrons. The standard InChI is InChI=1S/C13H18ClN3O2/c1-9-6-11(16-13(14)15-9)12(18)17(2)7-10-4-3-5-19-8-10/h6,10H,3-5,7-8H2,1-2H3. The summed E-state index contributed by atoms with van der Waals surface area (Å²) in [5.74, 6) is 0.277. The number of nitrogens with zero attached hydrogens (tertiary/aromatic N) is 3. The molecule has 0 aromatic carbocycles. The molecule has 0 bridgehead atoms. The van der Waals surface area contributed by atoms with Crippen molar-refractivity contribution in [1.82, 2.24) is 14.9 Å². The van der Waals surface area contributed by atoms with Crippen LogP contribution in [-0.2, 0) is 4.74 Å². The molecule has 1 fully saturated rings. The molecule has 1 atom stereocenters. The molecule has 0 spiro atoms. The van der Waals surface area contributed by atoms with Crippen molar-refractivity contribution in [2.75, 3.05) is 26.8 Å². The smallest absolute Gasteiger partial charge is 0.272 e. The highest BCUT2D eigenvalue weighted by molar-refractivity contribution is 6.28.